The van der Waals surface area contributed by atoms with Gasteiger partial charge in [0.1, 0.15) is 0 Å². The Morgan fingerprint density at radius 3 is 0.902 bits per heavy atom. The van der Waals surface area contributed by atoms with Gasteiger partial charge in [-0.25, -0.2) is 0 Å². The summed E-state index contributed by atoms with van der Waals surface area (Å²) >= 11 is 0. The number of unbranched alkanes of at least 4 members (excludes halogenated alkanes) is 29. The van der Waals surface area contributed by atoms with Gasteiger partial charge in [0, 0.05) is 13.1 Å². The molecule has 0 aromatic carbocycles. The van der Waals surface area contributed by atoms with E-state index in [0.717, 1.165) is 45.1 Å². The monoisotopic (exact) mass is 863 g/mol. The summed E-state index contributed by atoms with van der Waals surface area (Å²) in [6.45, 7) is 15.0. The van der Waals surface area contributed by atoms with Gasteiger partial charge in [0.05, 0.1) is 25.0 Å². The average molecular weight is 863 g/mol. The van der Waals surface area contributed by atoms with E-state index in [1.807, 2.05) is 0 Å². The fraction of sp³-hybridized carbons (Fsp3) is 0.964. The lowest BCUT2D eigenvalue weighted by Crippen LogP contribution is -2.33. The lowest BCUT2D eigenvalue weighted by molar-refractivity contribution is -0.150. The van der Waals surface area contributed by atoms with Crippen molar-refractivity contribution in [1.82, 2.24) is 9.80 Å². The Balaban J connectivity index is 4.16. The van der Waals surface area contributed by atoms with Crippen molar-refractivity contribution in [3.8, 4) is 0 Å². The van der Waals surface area contributed by atoms with E-state index in [0.29, 0.717) is 13.2 Å². The zero-order valence-corrected chi connectivity index (χ0v) is 42.5. The van der Waals surface area contributed by atoms with Gasteiger partial charge < -0.3 is 19.3 Å². The molecule has 0 heterocycles. The van der Waals surface area contributed by atoms with Gasteiger partial charge in [-0.05, 0) is 78.6 Å². The summed E-state index contributed by atoms with van der Waals surface area (Å²) in [5.41, 5.74) is 0. The summed E-state index contributed by atoms with van der Waals surface area (Å²) < 4.78 is 11.7. The standard InChI is InChI=1S/C55H110N2O4/c1-7-11-15-19-28-36-44-52(42-34-18-14-10-4)54(58)60-50-40-32-25-21-23-30-38-46-57(49-48-56(5)6)47-39-31-24-22-26-33-41-51-61-55(59)53(43-35-27-17-13-9-3)45-37-29-20-16-12-8-2/h52-53H,7-51H2,1-6H3. The Bertz CT molecular complexity index is 897. The number of carbonyl (C=O) groups excluding carboxylic acids is 2. The highest BCUT2D eigenvalue weighted by molar-refractivity contribution is 5.72. The highest BCUT2D eigenvalue weighted by atomic mass is 16.5. The minimum atomic E-state index is 0.0838. The number of hydrogen-bond acceptors (Lipinski definition) is 6. The predicted octanol–water partition coefficient (Wildman–Crippen LogP) is 16.5. The van der Waals surface area contributed by atoms with Gasteiger partial charge in [-0.15, -0.1) is 0 Å². The molecule has 61 heavy (non-hydrogen) atoms. The van der Waals surface area contributed by atoms with Crippen LogP contribution in [0.2, 0.25) is 0 Å². The van der Waals surface area contributed by atoms with Crippen LogP contribution in [0.25, 0.3) is 0 Å². The van der Waals surface area contributed by atoms with Crippen LogP contribution >= 0.6 is 0 Å². The Labute approximate surface area is 383 Å². The molecule has 0 spiro atoms. The molecule has 6 heteroatoms. The molecule has 0 aromatic rings. The van der Waals surface area contributed by atoms with Crippen molar-refractivity contribution < 1.29 is 19.1 Å². The summed E-state index contributed by atoms with van der Waals surface area (Å²) in [6, 6.07) is 0. The van der Waals surface area contributed by atoms with Crippen LogP contribution in [0, 0.1) is 11.8 Å². The van der Waals surface area contributed by atoms with Crippen molar-refractivity contribution in [2.75, 3.05) is 53.5 Å². The number of nitrogens with zero attached hydrogens (tertiary/aromatic N) is 2. The van der Waals surface area contributed by atoms with E-state index in [9.17, 15) is 9.59 Å². The van der Waals surface area contributed by atoms with Crippen LogP contribution in [0.15, 0.2) is 0 Å². The second-order valence-electron chi connectivity index (χ2n) is 19.5. The maximum Gasteiger partial charge on any atom is 0.308 e. The van der Waals surface area contributed by atoms with E-state index in [2.05, 4.69) is 51.6 Å². The third-order valence-corrected chi connectivity index (χ3v) is 13.1. The van der Waals surface area contributed by atoms with Gasteiger partial charge in [0.15, 0.2) is 0 Å². The van der Waals surface area contributed by atoms with Gasteiger partial charge in [0.2, 0.25) is 0 Å². The molecule has 0 amide bonds. The molecule has 0 aliphatic heterocycles. The summed E-state index contributed by atoms with van der Waals surface area (Å²) in [4.78, 5) is 31.0. The van der Waals surface area contributed by atoms with Crippen LogP contribution in [-0.4, -0.2) is 75.2 Å². The molecule has 0 radical (unpaired) electrons. The molecule has 0 rings (SSSR count). The van der Waals surface area contributed by atoms with E-state index in [4.69, 9.17) is 9.47 Å². The number of ether oxygens (including phenoxy) is 2. The third-order valence-electron chi connectivity index (χ3n) is 13.1. The zero-order valence-electron chi connectivity index (χ0n) is 42.5. The van der Waals surface area contributed by atoms with Crippen molar-refractivity contribution in [3.63, 3.8) is 0 Å². The summed E-state index contributed by atoms with van der Waals surface area (Å²) in [5, 5.41) is 0. The van der Waals surface area contributed by atoms with Crippen LogP contribution in [0.1, 0.15) is 278 Å². The average Bonchev–Trinajstić information content (AvgIpc) is 3.25. The molecule has 0 fully saturated rings. The lowest BCUT2D eigenvalue weighted by Gasteiger charge is -2.24. The van der Waals surface area contributed by atoms with Gasteiger partial charge in [-0.1, -0.05) is 227 Å². The maximum absolute atomic E-state index is 13.0. The first kappa shape index (κ1) is 59.9. The first-order valence-corrected chi connectivity index (χ1v) is 27.6. The second kappa shape index (κ2) is 48.3. The summed E-state index contributed by atoms with van der Waals surface area (Å²) in [7, 11) is 4.38. The lowest BCUT2D eigenvalue weighted by atomic mass is 9.94. The molecule has 0 saturated carbocycles. The number of hydrogen-bond donors (Lipinski definition) is 0. The first-order valence-electron chi connectivity index (χ1n) is 27.6. The number of likely N-dealkylation sites (N-methyl/N-ethyl adjacent to an activating group) is 1. The smallest absolute Gasteiger partial charge is 0.308 e. The van der Waals surface area contributed by atoms with Crippen molar-refractivity contribution >= 4 is 11.9 Å². The van der Waals surface area contributed by atoms with Crippen LogP contribution in [0.5, 0.6) is 0 Å². The molecule has 0 aliphatic rings. The molecular weight excluding hydrogens is 753 g/mol. The molecule has 6 nitrogen and oxygen atoms in total. The Morgan fingerprint density at radius 1 is 0.328 bits per heavy atom. The SMILES string of the molecule is CCCCCCCCC(CCCCCC)C(=O)OCCCCCCCCCN(CCCCCCCCCOC(=O)C(CCCCCCC)CCCCCCCC)CCN(C)C. The molecule has 2 atom stereocenters. The fourth-order valence-corrected chi connectivity index (χ4v) is 8.81. The van der Waals surface area contributed by atoms with E-state index < -0.39 is 0 Å². The highest BCUT2D eigenvalue weighted by Crippen LogP contribution is 2.23. The van der Waals surface area contributed by atoms with E-state index in [-0.39, 0.29) is 23.8 Å². The van der Waals surface area contributed by atoms with Crippen LogP contribution in [0.4, 0.5) is 0 Å². The second-order valence-corrected chi connectivity index (χ2v) is 19.5. The number of esters is 2. The van der Waals surface area contributed by atoms with Crippen LogP contribution < -0.4 is 0 Å². The first-order chi connectivity index (χ1) is 29.9. The highest BCUT2D eigenvalue weighted by Gasteiger charge is 2.20. The molecule has 0 aliphatic carbocycles. The minimum Gasteiger partial charge on any atom is -0.465 e. The third kappa shape index (κ3) is 42.6. The van der Waals surface area contributed by atoms with Gasteiger partial charge in [0.25, 0.3) is 0 Å². The van der Waals surface area contributed by atoms with E-state index in [1.165, 1.54) is 232 Å². The van der Waals surface area contributed by atoms with Gasteiger partial charge in [-0.3, -0.25) is 9.59 Å². The van der Waals surface area contributed by atoms with Crippen molar-refractivity contribution in [3.05, 3.63) is 0 Å². The van der Waals surface area contributed by atoms with Crippen LogP contribution in [0.3, 0.4) is 0 Å². The van der Waals surface area contributed by atoms with Crippen molar-refractivity contribution in [2.24, 2.45) is 11.8 Å². The van der Waals surface area contributed by atoms with Gasteiger partial charge in [-0.2, -0.15) is 0 Å². The molecule has 0 bridgehead atoms. The maximum atomic E-state index is 13.0. The molecule has 0 saturated heterocycles. The summed E-state index contributed by atoms with van der Waals surface area (Å²) in [6.07, 6.45) is 48.1. The predicted molar refractivity (Wildman–Crippen MR) is 267 cm³/mol. The van der Waals surface area contributed by atoms with Crippen molar-refractivity contribution in [2.45, 2.75) is 278 Å². The topological polar surface area (TPSA) is 59.1 Å². The molecule has 2 unspecified atom stereocenters. The molecule has 364 valence electrons. The van der Waals surface area contributed by atoms with Crippen LogP contribution in [-0.2, 0) is 19.1 Å². The molecular formula is C55H110N2O4. The minimum absolute atomic E-state index is 0.0838. The number of rotatable bonds is 50. The quantitative estimate of drug-likeness (QED) is 0.0449. The zero-order chi connectivity index (χ0) is 44.7. The fourth-order valence-electron chi connectivity index (χ4n) is 8.81. The van der Waals surface area contributed by atoms with Crippen molar-refractivity contribution in [1.29, 1.82) is 0 Å². The van der Waals surface area contributed by atoms with E-state index in [1.54, 1.807) is 0 Å². The normalized spacial score (nSPS) is 12.7. The summed E-state index contributed by atoms with van der Waals surface area (Å²) in [5.74, 6) is 0.408. The Hall–Kier alpha value is -1.14. The van der Waals surface area contributed by atoms with Gasteiger partial charge >= 0.3 is 11.9 Å². The molecule has 0 N–H and O–H groups in total. The molecule has 0 aromatic heterocycles. The largest absolute Gasteiger partial charge is 0.465 e. The van der Waals surface area contributed by atoms with E-state index >= 15 is 0 Å². The number of carbonyl (C=O) groups is 2. The Morgan fingerprint density at radius 2 is 0.590 bits per heavy atom. The Kier molecular flexibility index (Phi) is 47.4.